The molecule has 2 rings (SSSR count). The van der Waals surface area contributed by atoms with Crippen molar-refractivity contribution in [3.8, 4) is 0 Å². The number of nitrogens with two attached hydrogens (primary N) is 1. The number of hydrogen-bond donors (Lipinski definition) is 2. The van der Waals surface area contributed by atoms with Gasteiger partial charge in [0.25, 0.3) is 0 Å². The number of carboxylic acids is 1. The number of aromatic carboxylic acids is 1. The first kappa shape index (κ1) is 10.5. The molecule has 3 N–H and O–H groups in total. The molecule has 0 unspecified atom stereocenters. The van der Waals surface area contributed by atoms with Gasteiger partial charge in [-0.3, -0.25) is 0 Å². The van der Waals surface area contributed by atoms with Crippen LogP contribution >= 0.6 is 0 Å². The normalized spacial score (nSPS) is 10.8. The number of anilines is 1. The number of fused-ring (bicyclic) bond motifs is 1. The van der Waals surface area contributed by atoms with E-state index >= 15 is 0 Å². The quantitative estimate of drug-likeness (QED) is 0.777. The van der Waals surface area contributed by atoms with E-state index in [-0.39, 0.29) is 0 Å². The zero-order valence-corrected chi connectivity index (χ0v) is 9.10. The van der Waals surface area contributed by atoms with E-state index in [1.54, 1.807) is 18.3 Å². The van der Waals surface area contributed by atoms with Gasteiger partial charge in [-0.05, 0) is 24.6 Å². The summed E-state index contributed by atoms with van der Waals surface area (Å²) >= 11 is 0. The Balaban J connectivity index is 2.71. The predicted octanol–water partition coefficient (Wildman–Crippen LogP) is 2.33. The van der Waals surface area contributed by atoms with Gasteiger partial charge in [-0.2, -0.15) is 0 Å². The Labute approximate surface area is 93.3 Å². The number of nitrogen functional groups attached to an aromatic ring is 1. The highest BCUT2D eigenvalue weighted by Crippen LogP contribution is 2.24. The fourth-order valence-corrected chi connectivity index (χ4v) is 1.91. The Morgan fingerprint density at radius 3 is 2.88 bits per heavy atom. The second kappa shape index (κ2) is 3.89. The minimum atomic E-state index is -0.898. The van der Waals surface area contributed by atoms with Gasteiger partial charge in [0.15, 0.2) is 0 Å². The van der Waals surface area contributed by atoms with E-state index in [0.717, 1.165) is 23.9 Å². The molecule has 0 fully saturated rings. The average molecular weight is 218 g/mol. The predicted molar refractivity (Wildman–Crippen MR) is 63.6 cm³/mol. The molecule has 0 amide bonds. The van der Waals surface area contributed by atoms with E-state index in [2.05, 4.69) is 6.92 Å². The molecule has 0 bridgehead atoms. The van der Waals surface area contributed by atoms with Crippen LogP contribution in [-0.4, -0.2) is 15.6 Å². The van der Waals surface area contributed by atoms with Crippen molar-refractivity contribution in [2.75, 3.05) is 5.73 Å². The zero-order valence-electron chi connectivity index (χ0n) is 9.10. The van der Waals surface area contributed by atoms with Gasteiger partial charge in [0.2, 0.25) is 0 Å². The van der Waals surface area contributed by atoms with Gasteiger partial charge >= 0.3 is 5.97 Å². The van der Waals surface area contributed by atoms with Gasteiger partial charge in [0, 0.05) is 23.8 Å². The van der Waals surface area contributed by atoms with Crippen molar-refractivity contribution in [3.63, 3.8) is 0 Å². The van der Waals surface area contributed by atoms with Crippen LogP contribution < -0.4 is 5.73 Å². The van der Waals surface area contributed by atoms with Gasteiger partial charge in [-0.25, -0.2) is 4.79 Å². The Hall–Kier alpha value is -1.97. The highest BCUT2D eigenvalue weighted by molar-refractivity contribution is 6.04. The van der Waals surface area contributed by atoms with E-state index in [0.29, 0.717) is 11.3 Å². The lowest BCUT2D eigenvalue weighted by molar-refractivity contribution is 0.0699. The maximum absolute atomic E-state index is 11.1. The third kappa shape index (κ3) is 1.62. The summed E-state index contributed by atoms with van der Waals surface area (Å²) in [6.45, 7) is 2.85. The minimum Gasteiger partial charge on any atom is -0.478 e. The molecular weight excluding hydrogens is 204 g/mol. The summed E-state index contributed by atoms with van der Waals surface area (Å²) in [5, 5.41) is 9.83. The first-order valence-corrected chi connectivity index (χ1v) is 5.25. The van der Waals surface area contributed by atoms with Gasteiger partial charge in [0.1, 0.15) is 0 Å². The molecule has 0 atom stereocenters. The lowest BCUT2D eigenvalue weighted by atomic mass is 10.1. The van der Waals surface area contributed by atoms with Crippen LogP contribution in [0.2, 0.25) is 0 Å². The number of aromatic nitrogens is 1. The van der Waals surface area contributed by atoms with E-state index < -0.39 is 5.97 Å². The lowest BCUT2D eigenvalue weighted by Gasteiger charge is -2.02. The van der Waals surface area contributed by atoms with Crippen molar-refractivity contribution in [1.82, 2.24) is 4.57 Å². The van der Waals surface area contributed by atoms with Crippen molar-refractivity contribution < 1.29 is 9.90 Å². The molecule has 0 radical (unpaired) electrons. The highest BCUT2D eigenvalue weighted by atomic mass is 16.4. The Morgan fingerprint density at radius 1 is 1.50 bits per heavy atom. The van der Waals surface area contributed by atoms with Crippen LogP contribution in [0.1, 0.15) is 23.7 Å². The third-order valence-electron chi connectivity index (χ3n) is 2.60. The van der Waals surface area contributed by atoms with E-state index in [1.807, 2.05) is 10.6 Å². The van der Waals surface area contributed by atoms with E-state index in [9.17, 15) is 4.79 Å². The molecule has 16 heavy (non-hydrogen) atoms. The SMILES string of the molecule is CCCn1cc(C(=O)O)c2ccc(N)cc21. The molecule has 1 aromatic carbocycles. The van der Waals surface area contributed by atoms with E-state index in [4.69, 9.17) is 10.8 Å². The number of aryl methyl sites for hydroxylation is 1. The standard InChI is InChI=1S/C12H14N2O2/c1-2-5-14-7-10(12(15)16)9-4-3-8(13)6-11(9)14/h3-4,6-7H,2,5,13H2,1H3,(H,15,16). The van der Waals surface area contributed by atoms with Crippen LogP contribution in [0.15, 0.2) is 24.4 Å². The second-order valence-electron chi connectivity index (χ2n) is 3.82. The summed E-state index contributed by atoms with van der Waals surface area (Å²) < 4.78 is 1.94. The highest BCUT2D eigenvalue weighted by Gasteiger charge is 2.13. The van der Waals surface area contributed by atoms with Crippen molar-refractivity contribution in [3.05, 3.63) is 30.0 Å². The minimum absolute atomic E-state index is 0.337. The van der Waals surface area contributed by atoms with Crippen LogP contribution in [0.5, 0.6) is 0 Å². The topological polar surface area (TPSA) is 68.2 Å². The second-order valence-corrected chi connectivity index (χ2v) is 3.82. The summed E-state index contributed by atoms with van der Waals surface area (Å²) in [4.78, 5) is 11.1. The Kier molecular flexibility index (Phi) is 2.56. The summed E-state index contributed by atoms with van der Waals surface area (Å²) in [6, 6.07) is 5.31. The van der Waals surface area contributed by atoms with Gasteiger partial charge in [-0.15, -0.1) is 0 Å². The van der Waals surface area contributed by atoms with Crippen LogP contribution in [0.3, 0.4) is 0 Å². The van der Waals surface area contributed by atoms with Crippen molar-refractivity contribution in [1.29, 1.82) is 0 Å². The molecule has 0 spiro atoms. The average Bonchev–Trinajstić information content (AvgIpc) is 2.58. The maximum atomic E-state index is 11.1. The molecule has 84 valence electrons. The molecule has 4 heteroatoms. The number of nitrogens with zero attached hydrogens (tertiary/aromatic N) is 1. The zero-order chi connectivity index (χ0) is 11.7. The Morgan fingerprint density at radius 2 is 2.25 bits per heavy atom. The Bertz CT molecular complexity index is 543. The number of carboxylic acid groups (broad SMARTS) is 1. The number of hydrogen-bond acceptors (Lipinski definition) is 2. The third-order valence-corrected chi connectivity index (χ3v) is 2.60. The molecule has 0 saturated heterocycles. The monoisotopic (exact) mass is 218 g/mol. The summed E-state index contributed by atoms with van der Waals surface area (Å²) in [7, 11) is 0. The first-order chi connectivity index (χ1) is 7.63. The van der Waals surface area contributed by atoms with Crippen LogP contribution in [0, 0.1) is 0 Å². The smallest absolute Gasteiger partial charge is 0.337 e. The molecule has 1 aromatic heterocycles. The molecule has 4 nitrogen and oxygen atoms in total. The molecule has 2 aromatic rings. The summed E-state index contributed by atoms with van der Waals surface area (Å²) in [6.07, 6.45) is 2.63. The molecular formula is C12H14N2O2. The summed E-state index contributed by atoms with van der Waals surface area (Å²) in [5.41, 5.74) is 7.59. The fraction of sp³-hybridized carbons (Fsp3) is 0.250. The van der Waals surface area contributed by atoms with Gasteiger partial charge in [-0.1, -0.05) is 6.92 Å². The van der Waals surface area contributed by atoms with Gasteiger partial charge in [0.05, 0.1) is 11.1 Å². The largest absolute Gasteiger partial charge is 0.478 e. The van der Waals surface area contributed by atoms with Crippen molar-refractivity contribution >= 4 is 22.6 Å². The molecule has 0 aliphatic carbocycles. The van der Waals surface area contributed by atoms with Crippen LogP contribution in [0.4, 0.5) is 5.69 Å². The maximum Gasteiger partial charge on any atom is 0.337 e. The van der Waals surface area contributed by atoms with Crippen LogP contribution in [0.25, 0.3) is 10.9 Å². The van der Waals surface area contributed by atoms with Crippen LogP contribution in [-0.2, 0) is 6.54 Å². The van der Waals surface area contributed by atoms with Gasteiger partial charge < -0.3 is 15.4 Å². The number of rotatable bonds is 3. The van der Waals surface area contributed by atoms with Crippen molar-refractivity contribution in [2.45, 2.75) is 19.9 Å². The number of carbonyl (C=O) groups is 1. The van der Waals surface area contributed by atoms with Crippen molar-refractivity contribution in [2.24, 2.45) is 0 Å². The lowest BCUT2D eigenvalue weighted by Crippen LogP contribution is -1.96. The first-order valence-electron chi connectivity index (χ1n) is 5.25. The fourth-order valence-electron chi connectivity index (χ4n) is 1.91. The molecule has 1 heterocycles. The number of benzene rings is 1. The summed E-state index contributed by atoms with van der Waals surface area (Å²) in [5.74, 6) is -0.898. The van der Waals surface area contributed by atoms with E-state index in [1.165, 1.54) is 0 Å². The molecule has 0 aliphatic rings. The molecule has 0 saturated carbocycles. The molecule has 0 aliphatic heterocycles.